The number of aryl methyl sites for hydroxylation is 2. The van der Waals surface area contributed by atoms with E-state index in [2.05, 4.69) is 20.8 Å². The molecule has 1 aliphatic heterocycles. The average Bonchev–Trinajstić information content (AvgIpc) is 3.30. The zero-order chi connectivity index (χ0) is 24.3. The monoisotopic (exact) mass is 455 g/mol. The van der Waals surface area contributed by atoms with Crippen LogP contribution in [0.15, 0.2) is 24.3 Å². The number of aliphatic hydroxyl groups excluding tert-OH is 1. The Balaban J connectivity index is 1.70. The normalized spacial score (nSPS) is 20.6. The number of nitrogens with zero attached hydrogens (tertiary/aromatic N) is 2. The number of likely N-dealkylation sites (N-methyl/N-ethyl adjacent to an activating group) is 1. The Morgan fingerprint density at radius 1 is 1.30 bits per heavy atom. The highest BCUT2D eigenvalue weighted by atomic mass is 16.3. The van der Waals surface area contributed by atoms with Crippen LogP contribution >= 0.6 is 0 Å². The first kappa shape index (κ1) is 25.1. The van der Waals surface area contributed by atoms with Gasteiger partial charge in [-0.15, -0.1) is 0 Å². The van der Waals surface area contributed by atoms with Crippen molar-refractivity contribution in [2.75, 3.05) is 13.6 Å². The molecular formula is C25H37N5O3. The van der Waals surface area contributed by atoms with E-state index in [1.165, 1.54) is 0 Å². The lowest BCUT2D eigenvalue weighted by atomic mass is 9.85. The molecule has 33 heavy (non-hydrogen) atoms. The van der Waals surface area contributed by atoms with E-state index in [4.69, 9.17) is 0 Å². The molecule has 1 aromatic heterocycles. The molecule has 1 saturated heterocycles. The molecule has 1 aliphatic rings. The number of nitrogens with one attached hydrogen (secondary N) is 3. The summed E-state index contributed by atoms with van der Waals surface area (Å²) in [5.74, 6) is -0.0876. The summed E-state index contributed by atoms with van der Waals surface area (Å²) in [7, 11) is 1.76. The number of likely N-dealkylation sites (tertiary alicyclic amines) is 1. The molecule has 4 atom stereocenters. The van der Waals surface area contributed by atoms with Crippen molar-refractivity contribution in [3.8, 4) is 11.1 Å². The number of hydrogen-bond donors (Lipinski definition) is 4. The van der Waals surface area contributed by atoms with Gasteiger partial charge in [-0.3, -0.25) is 9.89 Å². The van der Waals surface area contributed by atoms with Crippen molar-refractivity contribution in [1.82, 2.24) is 25.7 Å². The van der Waals surface area contributed by atoms with Crippen molar-refractivity contribution in [1.29, 1.82) is 0 Å². The van der Waals surface area contributed by atoms with E-state index in [1.807, 2.05) is 58.9 Å². The molecule has 3 rings (SSSR count). The summed E-state index contributed by atoms with van der Waals surface area (Å²) in [5.41, 5.74) is 4.92. The minimum Gasteiger partial charge on any atom is -0.391 e. The molecule has 1 unspecified atom stereocenters. The molecule has 0 aliphatic carbocycles. The number of rotatable bonds is 8. The molecule has 0 radical (unpaired) electrons. The summed E-state index contributed by atoms with van der Waals surface area (Å²) >= 11 is 0. The van der Waals surface area contributed by atoms with Crippen LogP contribution in [0.3, 0.4) is 0 Å². The van der Waals surface area contributed by atoms with E-state index in [-0.39, 0.29) is 17.9 Å². The van der Waals surface area contributed by atoms with Crippen LogP contribution in [0.25, 0.3) is 11.1 Å². The smallest absolute Gasteiger partial charge is 0.240 e. The number of carbonyl (C=O) groups excluding carboxylic acids is 2. The molecule has 2 aromatic rings. The fourth-order valence-electron chi connectivity index (χ4n) is 4.81. The van der Waals surface area contributed by atoms with Gasteiger partial charge < -0.3 is 25.4 Å². The van der Waals surface area contributed by atoms with Crippen LogP contribution in [0.2, 0.25) is 0 Å². The van der Waals surface area contributed by atoms with Crippen molar-refractivity contribution in [2.24, 2.45) is 5.41 Å². The third-order valence-corrected chi connectivity index (χ3v) is 6.48. The molecule has 1 fully saturated rings. The van der Waals surface area contributed by atoms with Gasteiger partial charge >= 0.3 is 0 Å². The van der Waals surface area contributed by atoms with Crippen LogP contribution in [0, 0.1) is 19.3 Å². The molecule has 2 heterocycles. The Morgan fingerprint density at radius 3 is 2.48 bits per heavy atom. The maximum absolute atomic E-state index is 13.3. The van der Waals surface area contributed by atoms with Gasteiger partial charge in [0.25, 0.3) is 0 Å². The predicted molar refractivity (Wildman–Crippen MR) is 129 cm³/mol. The quantitative estimate of drug-likeness (QED) is 0.453. The SMILES string of the molecule is CN[C@H](C(=O)N1C[C@H](O)C[C@H]1C(C=O)NCc1ccc(-c2c(C)n[nH]c2C)cc1)C(C)(C)C. The topological polar surface area (TPSA) is 110 Å². The summed E-state index contributed by atoms with van der Waals surface area (Å²) in [6, 6.07) is 6.79. The average molecular weight is 456 g/mol. The number of benzene rings is 1. The van der Waals surface area contributed by atoms with Crippen LogP contribution in [-0.4, -0.2) is 70.2 Å². The van der Waals surface area contributed by atoms with E-state index in [1.54, 1.807) is 11.9 Å². The van der Waals surface area contributed by atoms with Gasteiger partial charge in [-0.05, 0) is 43.9 Å². The van der Waals surface area contributed by atoms with Crippen molar-refractivity contribution in [2.45, 2.75) is 71.8 Å². The maximum Gasteiger partial charge on any atom is 0.240 e. The molecular weight excluding hydrogens is 418 g/mol. The van der Waals surface area contributed by atoms with Crippen LogP contribution in [0.5, 0.6) is 0 Å². The number of aliphatic hydroxyl groups is 1. The van der Waals surface area contributed by atoms with E-state index < -0.39 is 24.2 Å². The molecule has 0 saturated carbocycles. The number of β-amino-alcohol motifs (C(OH)–C–C–N with tert-alkyl or cyclic N) is 1. The number of hydrogen-bond acceptors (Lipinski definition) is 6. The van der Waals surface area contributed by atoms with Gasteiger partial charge in [-0.25, -0.2) is 0 Å². The van der Waals surface area contributed by atoms with E-state index in [0.29, 0.717) is 13.0 Å². The standard InChI is InChI=1S/C25H37N5O3/c1-15-22(16(2)29-28-15)18-9-7-17(8-10-18)12-27-20(14-31)21-11-19(32)13-30(21)24(33)23(26-6)25(3,4)5/h7-10,14,19-21,23,26-27,32H,11-13H2,1-6H3,(H,28,29)/t19-,20?,21+,23-/m1/s1. The second-order valence-corrected chi connectivity index (χ2v) is 10.1. The van der Waals surface area contributed by atoms with Crippen LogP contribution in [0.1, 0.15) is 44.1 Å². The van der Waals surface area contributed by atoms with Crippen molar-refractivity contribution in [3.05, 3.63) is 41.2 Å². The lowest BCUT2D eigenvalue weighted by Crippen LogP contribution is -2.57. The lowest BCUT2D eigenvalue weighted by molar-refractivity contribution is -0.137. The minimum absolute atomic E-state index is 0.0876. The van der Waals surface area contributed by atoms with E-state index >= 15 is 0 Å². The lowest BCUT2D eigenvalue weighted by Gasteiger charge is -2.36. The Kier molecular flexibility index (Phi) is 7.72. The number of aldehydes is 1. The fraction of sp³-hybridized carbons (Fsp3) is 0.560. The largest absolute Gasteiger partial charge is 0.391 e. The summed E-state index contributed by atoms with van der Waals surface area (Å²) in [6.07, 6.45) is 0.586. The van der Waals surface area contributed by atoms with E-state index in [0.717, 1.165) is 34.4 Å². The van der Waals surface area contributed by atoms with Crippen molar-refractivity contribution in [3.63, 3.8) is 0 Å². The van der Waals surface area contributed by atoms with Gasteiger partial charge in [-0.1, -0.05) is 45.0 Å². The van der Waals surface area contributed by atoms with Gasteiger partial charge in [0, 0.05) is 24.3 Å². The Hall–Kier alpha value is -2.55. The summed E-state index contributed by atoms with van der Waals surface area (Å²) in [4.78, 5) is 26.9. The molecule has 180 valence electrons. The summed E-state index contributed by atoms with van der Waals surface area (Å²) in [5, 5.41) is 24.0. The van der Waals surface area contributed by atoms with Crippen molar-refractivity contribution < 1.29 is 14.7 Å². The first-order valence-corrected chi connectivity index (χ1v) is 11.5. The minimum atomic E-state index is -0.638. The number of carbonyl (C=O) groups is 2. The fourth-order valence-corrected chi connectivity index (χ4v) is 4.81. The Morgan fingerprint density at radius 2 is 1.97 bits per heavy atom. The summed E-state index contributed by atoms with van der Waals surface area (Å²) in [6.45, 7) is 10.7. The highest BCUT2D eigenvalue weighted by Crippen LogP contribution is 2.28. The maximum atomic E-state index is 13.3. The summed E-state index contributed by atoms with van der Waals surface area (Å²) < 4.78 is 0. The zero-order valence-corrected chi connectivity index (χ0v) is 20.5. The molecule has 0 bridgehead atoms. The van der Waals surface area contributed by atoms with E-state index in [9.17, 15) is 14.7 Å². The van der Waals surface area contributed by atoms with Crippen LogP contribution in [-0.2, 0) is 16.1 Å². The number of aromatic nitrogens is 2. The van der Waals surface area contributed by atoms with Gasteiger partial charge in [0.15, 0.2) is 0 Å². The van der Waals surface area contributed by atoms with Gasteiger partial charge in [-0.2, -0.15) is 5.10 Å². The molecule has 8 nitrogen and oxygen atoms in total. The molecule has 0 spiro atoms. The first-order chi connectivity index (χ1) is 15.6. The third kappa shape index (κ3) is 5.51. The second-order valence-electron chi connectivity index (χ2n) is 10.1. The van der Waals surface area contributed by atoms with Crippen LogP contribution < -0.4 is 10.6 Å². The molecule has 1 aromatic carbocycles. The molecule has 4 N–H and O–H groups in total. The highest BCUT2D eigenvalue weighted by Gasteiger charge is 2.43. The van der Waals surface area contributed by atoms with Gasteiger partial charge in [0.05, 0.1) is 29.9 Å². The molecule has 1 amide bonds. The van der Waals surface area contributed by atoms with Crippen LogP contribution in [0.4, 0.5) is 0 Å². The third-order valence-electron chi connectivity index (χ3n) is 6.48. The zero-order valence-electron chi connectivity index (χ0n) is 20.5. The second kappa shape index (κ2) is 10.2. The number of H-pyrrole nitrogens is 1. The highest BCUT2D eigenvalue weighted by molar-refractivity contribution is 5.84. The predicted octanol–water partition coefficient (Wildman–Crippen LogP) is 1.95. The number of aromatic amines is 1. The molecule has 8 heteroatoms. The Bertz CT molecular complexity index is 944. The van der Waals surface area contributed by atoms with Gasteiger partial charge in [0.2, 0.25) is 5.91 Å². The first-order valence-electron chi connectivity index (χ1n) is 11.5. The number of amides is 1. The Labute approximate surface area is 196 Å². The van der Waals surface area contributed by atoms with Crippen molar-refractivity contribution >= 4 is 12.2 Å². The van der Waals surface area contributed by atoms with Gasteiger partial charge in [0.1, 0.15) is 6.29 Å².